The summed E-state index contributed by atoms with van der Waals surface area (Å²) in [5, 5.41) is 7.20. The van der Waals surface area contributed by atoms with Gasteiger partial charge in [0.05, 0.1) is 17.4 Å². The molecule has 1 aliphatic heterocycles. The van der Waals surface area contributed by atoms with Crippen molar-refractivity contribution >= 4 is 5.91 Å². The van der Waals surface area contributed by atoms with Crippen LogP contribution in [0.1, 0.15) is 53.2 Å². The Bertz CT molecular complexity index is 1150. The van der Waals surface area contributed by atoms with Crippen molar-refractivity contribution in [3.8, 4) is 11.3 Å². The highest BCUT2D eigenvalue weighted by molar-refractivity contribution is 5.94. The molecule has 168 valence electrons. The van der Waals surface area contributed by atoms with Gasteiger partial charge in [0.1, 0.15) is 11.4 Å². The molecule has 0 radical (unpaired) electrons. The number of fused-ring (bicyclic) bond motifs is 1. The molecule has 0 saturated heterocycles. The first-order chi connectivity index (χ1) is 15.0. The molecule has 1 amide bonds. The minimum absolute atomic E-state index is 0.159. The van der Waals surface area contributed by atoms with Crippen molar-refractivity contribution in [2.24, 2.45) is 0 Å². The Morgan fingerprint density at radius 2 is 1.78 bits per heavy atom. The highest BCUT2D eigenvalue weighted by atomic mass is 19.4. The van der Waals surface area contributed by atoms with Gasteiger partial charge in [0, 0.05) is 37.0 Å². The van der Waals surface area contributed by atoms with E-state index < -0.39 is 29.7 Å². The van der Waals surface area contributed by atoms with Crippen molar-refractivity contribution in [2.75, 3.05) is 0 Å². The number of carbonyl (C=O) groups is 1. The van der Waals surface area contributed by atoms with E-state index in [1.54, 1.807) is 16.8 Å². The predicted molar refractivity (Wildman–Crippen MR) is 104 cm³/mol. The van der Waals surface area contributed by atoms with Crippen LogP contribution in [0.2, 0.25) is 0 Å². The zero-order chi connectivity index (χ0) is 23.1. The molecule has 3 aromatic heterocycles. The first kappa shape index (κ1) is 21.8. The van der Waals surface area contributed by atoms with Gasteiger partial charge >= 0.3 is 6.18 Å². The maximum absolute atomic E-state index is 13.6. The summed E-state index contributed by atoms with van der Waals surface area (Å²) >= 11 is 0. The minimum atomic E-state index is -4.66. The summed E-state index contributed by atoms with van der Waals surface area (Å²) in [6.45, 7) is 1.32. The third kappa shape index (κ3) is 4.46. The lowest BCUT2D eigenvalue weighted by atomic mass is 10.0. The van der Waals surface area contributed by atoms with Crippen LogP contribution in [0, 0.1) is 0 Å². The average molecular weight is 451 g/mol. The van der Waals surface area contributed by atoms with Crippen LogP contribution in [0.3, 0.4) is 0 Å². The van der Waals surface area contributed by atoms with Crippen LogP contribution in [0.25, 0.3) is 11.3 Å². The molecule has 3 aromatic rings. The van der Waals surface area contributed by atoms with E-state index in [2.05, 4.69) is 20.4 Å². The zero-order valence-corrected chi connectivity index (χ0v) is 16.8. The van der Waals surface area contributed by atoms with Gasteiger partial charge in [0.15, 0.2) is 0 Å². The third-order valence-corrected chi connectivity index (χ3v) is 5.15. The summed E-state index contributed by atoms with van der Waals surface area (Å²) in [6.07, 6.45) is -1.21. The van der Waals surface area contributed by atoms with Crippen LogP contribution >= 0.6 is 0 Å². The molecule has 4 rings (SSSR count). The zero-order valence-electron chi connectivity index (χ0n) is 16.8. The lowest BCUT2D eigenvalue weighted by molar-refractivity contribution is -0.141. The van der Waals surface area contributed by atoms with E-state index in [1.807, 2.05) is 0 Å². The monoisotopic (exact) mass is 451 g/mol. The van der Waals surface area contributed by atoms with E-state index in [9.17, 15) is 26.7 Å². The molecule has 0 fully saturated rings. The van der Waals surface area contributed by atoms with E-state index in [1.165, 1.54) is 18.3 Å². The topological polar surface area (TPSA) is 72.7 Å². The number of aryl methyl sites for hydroxylation is 1. The number of carbonyl (C=O) groups excluding carboxylic acids is 1. The van der Waals surface area contributed by atoms with Gasteiger partial charge in [-0.1, -0.05) is 0 Å². The normalized spacial score (nSPS) is 16.5. The van der Waals surface area contributed by atoms with E-state index in [-0.39, 0.29) is 11.3 Å². The summed E-state index contributed by atoms with van der Waals surface area (Å²) in [4.78, 5) is 19.6. The van der Waals surface area contributed by atoms with Crippen molar-refractivity contribution in [2.45, 2.75) is 44.5 Å². The number of hydrogen-bond donors (Lipinski definition) is 1. The standard InChI is InChI=1S/C21H18F5N5O/c1-20(22,23)17-9-12(4-6-27-17)15-11-16-14(3-2-8-31(16)30-15)29-19(32)13-5-7-28-18(10-13)21(24,25)26/h4-7,9-11,14H,2-3,8H2,1H3,(H,29,32)/t14-/m0/s1. The molecule has 11 heteroatoms. The molecule has 32 heavy (non-hydrogen) atoms. The smallest absolute Gasteiger partial charge is 0.344 e. The third-order valence-electron chi connectivity index (χ3n) is 5.15. The summed E-state index contributed by atoms with van der Waals surface area (Å²) in [5.74, 6) is -3.78. The summed E-state index contributed by atoms with van der Waals surface area (Å²) in [7, 11) is 0. The van der Waals surface area contributed by atoms with Gasteiger partial charge in [-0.25, -0.2) is 0 Å². The number of rotatable bonds is 4. The van der Waals surface area contributed by atoms with Gasteiger partial charge in [0.2, 0.25) is 0 Å². The van der Waals surface area contributed by atoms with Crippen LogP contribution in [-0.4, -0.2) is 25.7 Å². The quantitative estimate of drug-likeness (QED) is 0.582. The number of nitrogens with zero attached hydrogens (tertiary/aromatic N) is 4. The lowest BCUT2D eigenvalue weighted by Gasteiger charge is -2.24. The van der Waals surface area contributed by atoms with E-state index >= 15 is 0 Å². The Balaban J connectivity index is 1.59. The van der Waals surface area contributed by atoms with Gasteiger partial charge in [-0.3, -0.25) is 19.4 Å². The maximum Gasteiger partial charge on any atom is 0.433 e. The molecule has 0 unspecified atom stereocenters. The molecule has 0 bridgehead atoms. The number of amides is 1. The molecule has 0 saturated carbocycles. The van der Waals surface area contributed by atoms with Gasteiger partial charge < -0.3 is 5.32 Å². The van der Waals surface area contributed by atoms with E-state index in [0.29, 0.717) is 42.4 Å². The van der Waals surface area contributed by atoms with Gasteiger partial charge in [-0.2, -0.15) is 27.1 Å². The Kier molecular flexibility index (Phi) is 5.43. The summed E-state index contributed by atoms with van der Waals surface area (Å²) in [6, 6.07) is 5.92. The molecule has 6 nitrogen and oxygen atoms in total. The number of nitrogens with one attached hydrogen (secondary N) is 1. The number of alkyl halides is 5. The fourth-order valence-electron chi connectivity index (χ4n) is 3.57. The Labute approximate surface area is 179 Å². The minimum Gasteiger partial charge on any atom is -0.344 e. The lowest BCUT2D eigenvalue weighted by Crippen LogP contribution is -2.32. The fourth-order valence-corrected chi connectivity index (χ4v) is 3.57. The fraction of sp³-hybridized carbons (Fsp3) is 0.333. The van der Waals surface area contributed by atoms with Crippen LogP contribution in [-0.2, 0) is 18.6 Å². The van der Waals surface area contributed by atoms with Crippen LogP contribution < -0.4 is 5.32 Å². The molecular formula is C21H18F5N5O. The SMILES string of the molecule is CC(F)(F)c1cc(-c2cc3n(n2)CCC[C@@H]3NC(=O)c2ccnc(C(F)(F)F)c2)ccn1. The van der Waals surface area contributed by atoms with Crippen LogP contribution in [0.15, 0.2) is 42.7 Å². The van der Waals surface area contributed by atoms with Gasteiger partial charge in [-0.05, 0) is 43.2 Å². The maximum atomic E-state index is 13.6. The van der Waals surface area contributed by atoms with Crippen molar-refractivity contribution in [3.05, 3.63) is 65.4 Å². The Morgan fingerprint density at radius 1 is 1.06 bits per heavy atom. The Morgan fingerprint density at radius 3 is 2.50 bits per heavy atom. The van der Waals surface area contributed by atoms with Crippen molar-refractivity contribution in [3.63, 3.8) is 0 Å². The van der Waals surface area contributed by atoms with Crippen molar-refractivity contribution in [1.82, 2.24) is 25.1 Å². The number of hydrogen-bond acceptors (Lipinski definition) is 4. The van der Waals surface area contributed by atoms with Gasteiger partial charge in [-0.15, -0.1) is 0 Å². The highest BCUT2D eigenvalue weighted by Crippen LogP contribution is 2.32. The molecule has 1 aliphatic rings. The molecular weight excluding hydrogens is 433 g/mol. The molecule has 0 aliphatic carbocycles. The van der Waals surface area contributed by atoms with E-state index in [0.717, 1.165) is 13.1 Å². The molecule has 0 aromatic carbocycles. The van der Waals surface area contributed by atoms with Crippen molar-refractivity contribution in [1.29, 1.82) is 0 Å². The number of halogens is 5. The van der Waals surface area contributed by atoms with Gasteiger partial charge in [0.25, 0.3) is 11.8 Å². The average Bonchev–Trinajstić information content (AvgIpc) is 3.18. The first-order valence-electron chi connectivity index (χ1n) is 9.79. The summed E-state index contributed by atoms with van der Waals surface area (Å²) in [5.41, 5.74) is -0.157. The highest BCUT2D eigenvalue weighted by Gasteiger charge is 2.33. The van der Waals surface area contributed by atoms with Crippen molar-refractivity contribution < 1.29 is 26.7 Å². The second-order valence-corrected chi connectivity index (χ2v) is 7.59. The van der Waals surface area contributed by atoms with E-state index in [4.69, 9.17) is 0 Å². The molecule has 1 N–H and O–H groups in total. The second kappa shape index (κ2) is 7.95. The largest absolute Gasteiger partial charge is 0.433 e. The first-order valence-corrected chi connectivity index (χ1v) is 9.79. The second-order valence-electron chi connectivity index (χ2n) is 7.59. The van der Waals surface area contributed by atoms with Crippen LogP contribution in [0.4, 0.5) is 22.0 Å². The molecule has 0 spiro atoms. The number of pyridine rings is 2. The molecule has 1 atom stereocenters. The molecule has 4 heterocycles. The predicted octanol–water partition coefficient (Wildman–Crippen LogP) is 4.74. The summed E-state index contributed by atoms with van der Waals surface area (Å²) < 4.78 is 67.6. The Hall–Kier alpha value is -3.37. The van der Waals surface area contributed by atoms with Crippen LogP contribution in [0.5, 0.6) is 0 Å². The number of aromatic nitrogens is 4.